The highest BCUT2D eigenvalue weighted by atomic mass is 35.5. The lowest BCUT2D eigenvalue weighted by Gasteiger charge is -2.08. The Morgan fingerprint density at radius 2 is 1.90 bits per heavy atom. The number of aryl methyl sites for hydroxylation is 1. The third-order valence-corrected chi connectivity index (χ3v) is 3.30. The molecule has 0 bridgehead atoms. The molecule has 20 heavy (non-hydrogen) atoms. The van der Waals surface area contributed by atoms with Crippen molar-refractivity contribution in [3.63, 3.8) is 0 Å². The van der Waals surface area contributed by atoms with Crippen LogP contribution in [0.3, 0.4) is 0 Å². The first kappa shape index (κ1) is 14.6. The van der Waals surface area contributed by atoms with Crippen LogP contribution in [0.25, 0.3) is 0 Å². The Hall–Kier alpha value is -1.80. The molecular weight excluding hydrogens is 272 g/mol. The molecule has 104 valence electrons. The summed E-state index contributed by atoms with van der Waals surface area (Å²) in [5.41, 5.74) is 1.85. The van der Waals surface area contributed by atoms with Gasteiger partial charge < -0.3 is 4.74 Å². The summed E-state index contributed by atoms with van der Waals surface area (Å²) < 4.78 is 5.62. The Morgan fingerprint density at radius 1 is 1.15 bits per heavy atom. The molecule has 0 spiro atoms. The van der Waals surface area contributed by atoms with E-state index >= 15 is 0 Å². The molecule has 0 amide bonds. The highest BCUT2D eigenvalue weighted by Gasteiger charge is 2.06. The van der Waals surface area contributed by atoms with Crippen molar-refractivity contribution in [2.75, 3.05) is 6.61 Å². The molecule has 2 rings (SSSR count). The van der Waals surface area contributed by atoms with Crippen molar-refractivity contribution in [1.82, 2.24) is 0 Å². The van der Waals surface area contributed by atoms with Crippen LogP contribution in [-0.2, 0) is 0 Å². The van der Waals surface area contributed by atoms with Gasteiger partial charge in [0.2, 0.25) is 0 Å². The molecule has 0 saturated carbocycles. The lowest BCUT2D eigenvalue weighted by atomic mass is 10.1. The van der Waals surface area contributed by atoms with Gasteiger partial charge in [-0.15, -0.1) is 0 Å². The van der Waals surface area contributed by atoms with Crippen molar-refractivity contribution in [2.45, 2.75) is 19.8 Å². The normalized spacial score (nSPS) is 10.3. The van der Waals surface area contributed by atoms with Gasteiger partial charge in [-0.05, 0) is 31.0 Å². The van der Waals surface area contributed by atoms with E-state index in [2.05, 4.69) is 0 Å². The molecule has 0 fully saturated rings. The number of rotatable bonds is 6. The van der Waals surface area contributed by atoms with E-state index in [-0.39, 0.29) is 5.78 Å². The smallest absolute Gasteiger partial charge is 0.163 e. The molecule has 0 atom stereocenters. The van der Waals surface area contributed by atoms with E-state index in [4.69, 9.17) is 16.3 Å². The number of benzene rings is 2. The molecule has 0 unspecified atom stereocenters. The first-order valence-corrected chi connectivity index (χ1v) is 7.02. The quantitative estimate of drug-likeness (QED) is 0.569. The van der Waals surface area contributed by atoms with E-state index in [1.807, 2.05) is 55.5 Å². The Morgan fingerprint density at radius 3 is 2.65 bits per heavy atom. The summed E-state index contributed by atoms with van der Waals surface area (Å²) in [6.45, 7) is 2.48. The van der Waals surface area contributed by atoms with E-state index in [0.29, 0.717) is 30.2 Å². The number of Topliss-reactive ketones (excluding diaryl/α,β-unsaturated/α-hetero) is 1. The molecule has 0 saturated heterocycles. The van der Waals surface area contributed by atoms with Gasteiger partial charge in [0.05, 0.1) is 11.6 Å². The van der Waals surface area contributed by atoms with Crippen molar-refractivity contribution in [3.8, 4) is 5.75 Å². The molecule has 0 N–H and O–H groups in total. The minimum absolute atomic E-state index is 0.143. The van der Waals surface area contributed by atoms with E-state index in [9.17, 15) is 4.79 Å². The molecule has 3 heteroatoms. The van der Waals surface area contributed by atoms with Gasteiger partial charge in [-0.1, -0.05) is 48.0 Å². The van der Waals surface area contributed by atoms with Crippen LogP contribution >= 0.6 is 11.6 Å². The standard InChI is InChI=1S/C17H17ClO2/c1-13-9-10-15(18)17(12-13)20-11-5-8-16(19)14-6-3-2-4-7-14/h2-4,6-7,9-10,12H,5,8,11H2,1H3. The number of halogens is 1. The lowest BCUT2D eigenvalue weighted by molar-refractivity contribution is 0.0973. The second-order valence-corrected chi connectivity index (χ2v) is 5.08. The number of carbonyl (C=O) groups is 1. The number of ketones is 1. The first-order chi connectivity index (χ1) is 9.66. The molecule has 2 aromatic carbocycles. The topological polar surface area (TPSA) is 26.3 Å². The van der Waals surface area contributed by atoms with E-state index in [0.717, 1.165) is 11.1 Å². The maximum atomic E-state index is 11.9. The zero-order valence-electron chi connectivity index (χ0n) is 11.4. The maximum absolute atomic E-state index is 11.9. The number of hydrogen-bond acceptors (Lipinski definition) is 2. The zero-order valence-corrected chi connectivity index (χ0v) is 12.2. The Labute approximate surface area is 124 Å². The first-order valence-electron chi connectivity index (χ1n) is 6.64. The monoisotopic (exact) mass is 288 g/mol. The van der Waals surface area contributed by atoms with E-state index < -0.39 is 0 Å². The molecule has 0 aliphatic carbocycles. The summed E-state index contributed by atoms with van der Waals surface area (Å²) >= 11 is 6.04. The van der Waals surface area contributed by atoms with Crippen LogP contribution in [0.4, 0.5) is 0 Å². The van der Waals surface area contributed by atoms with E-state index in [1.54, 1.807) is 0 Å². The Balaban J connectivity index is 1.79. The molecule has 0 radical (unpaired) electrons. The van der Waals surface area contributed by atoms with Crippen LogP contribution in [0.15, 0.2) is 48.5 Å². The van der Waals surface area contributed by atoms with Crippen LogP contribution in [0.2, 0.25) is 5.02 Å². The van der Waals surface area contributed by atoms with Gasteiger partial charge in [-0.25, -0.2) is 0 Å². The summed E-state index contributed by atoms with van der Waals surface area (Å²) in [5.74, 6) is 0.823. The average Bonchev–Trinajstić information content (AvgIpc) is 2.47. The van der Waals surface area contributed by atoms with Crippen LogP contribution < -0.4 is 4.74 Å². The van der Waals surface area contributed by atoms with Crippen molar-refractivity contribution in [1.29, 1.82) is 0 Å². The van der Waals surface area contributed by atoms with Gasteiger partial charge in [0.25, 0.3) is 0 Å². The second kappa shape index (κ2) is 7.11. The number of carbonyl (C=O) groups excluding carboxylic acids is 1. The summed E-state index contributed by atoms with van der Waals surface area (Å²) in [6, 6.07) is 15.0. The highest BCUT2D eigenvalue weighted by molar-refractivity contribution is 6.32. The lowest BCUT2D eigenvalue weighted by Crippen LogP contribution is -2.04. The third kappa shape index (κ3) is 4.10. The fourth-order valence-corrected chi connectivity index (χ4v) is 2.08. The van der Waals surface area contributed by atoms with Gasteiger partial charge in [0.1, 0.15) is 5.75 Å². The van der Waals surface area contributed by atoms with Crippen LogP contribution in [0.5, 0.6) is 5.75 Å². The van der Waals surface area contributed by atoms with Crippen LogP contribution in [0, 0.1) is 6.92 Å². The van der Waals surface area contributed by atoms with Gasteiger partial charge in [0.15, 0.2) is 5.78 Å². The predicted molar refractivity (Wildman–Crippen MR) is 81.7 cm³/mol. The van der Waals surface area contributed by atoms with Crippen molar-refractivity contribution in [3.05, 3.63) is 64.7 Å². The van der Waals surface area contributed by atoms with Crippen LogP contribution in [-0.4, -0.2) is 12.4 Å². The predicted octanol–water partition coefficient (Wildman–Crippen LogP) is 4.69. The summed E-state index contributed by atoms with van der Waals surface area (Å²) in [6.07, 6.45) is 1.16. The van der Waals surface area contributed by atoms with Gasteiger partial charge in [-0.2, -0.15) is 0 Å². The summed E-state index contributed by atoms with van der Waals surface area (Å²) in [5, 5.41) is 0.602. The average molecular weight is 289 g/mol. The highest BCUT2D eigenvalue weighted by Crippen LogP contribution is 2.25. The van der Waals surface area contributed by atoms with Crippen molar-refractivity contribution in [2.24, 2.45) is 0 Å². The Bertz CT molecular complexity index is 579. The minimum atomic E-state index is 0.143. The van der Waals surface area contributed by atoms with Crippen molar-refractivity contribution >= 4 is 17.4 Å². The molecule has 0 heterocycles. The maximum Gasteiger partial charge on any atom is 0.163 e. The second-order valence-electron chi connectivity index (χ2n) is 4.68. The summed E-state index contributed by atoms with van der Waals surface area (Å²) in [4.78, 5) is 11.9. The Kier molecular flexibility index (Phi) is 5.19. The molecule has 0 aliphatic rings. The molecule has 0 aromatic heterocycles. The number of hydrogen-bond donors (Lipinski definition) is 0. The SMILES string of the molecule is Cc1ccc(Cl)c(OCCCC(=O)c2ccccc2)c1. The van der Waals surface area contributed by atoms with E-state index in [1.165, 1.54) is 0 Å². The fraction of sp³-hybridized carbons (Fsp3) is 0.235. The third-order valence-electron chi connectivity index (χ3n) is 2.99. The van der Waals surface area contributed by atoms with Crippen LogP contribution in [0.1, 0.15) is 28.8 Å². The van der Waals surface area contributed by atoms with Gasteiger partial charge in [0, 0.05) is 12.0 Å². The van der Waals surface area contributed by atoms with Crippen molar-refractivity contribution < 1.29 is 9.53 Å². The number of ether oxygens (including phenoxy) is 1. The molecule has 2 nitrogen and oxygen atoms in total. The largest absolute Gasteiger partial charge is 0.492 e. The fourth-order valence-electron chi connectivity index (χ4n) is 1.90. The molecular formula is C17H17ClO2. The van der Waals surface area contributed by atoms with Gasteiger partial charge in [-0.3, -0.25) is 4.79 Å². The van der Waals surface area contributed by atoms with Gasteiger partial charge >= 0.3 is 0 Å². The molecule has 0 aliphatic heterocycles. The molecule has 2 aromatic rings. The summed E-state index contributed by atoms with van der Waals surface area (Å²) in [7, 11) is 0. The zero-order chi connectivity index (χ0) is 14.4. The minimum Gasteiger partial charge on any atom is -0.492 e.